The Labute approximate surface area is 121 Å². The van der Waals surface area contributed by atoms with Gasteiger partial charge in [-0.25, -0.2) is 8.78 Å². The van der Waals surface area contributed by atoms with Gasteiger partial charge in [0.2, 0.25) is 0 Å². The van der Waals surface area contributed by atoms with Gasteiger partial charge in [-0.05, 0) is 30.8 Å². The van der Waals surface area contributed by atoms with Crippen LogP contribution in [0.5, 0.6) is 0 Å². The summed E-state index contributed by atoms with van der Waals surface area (Å²) in [5.74, 6) is -2.82. The second-order valence-corrected chi connectivity index (χ2v) is 6.36. The van der Waals surface area contributed by atoms with E-state index in [9.17, 15) is 8.78 Å². The van der Waals surface area contributed by atoms with Crippen molar-refractivity contribution in [1.82, 2.24) is 0 Å². The molecule has 0 aliphatic heterocycles. The number of alkyl halides is 2. The molecule has 2 aliphatic carbocycles. The van der Waals surface area contributed by atoms with E-state index in [0.29, 0.717) is 0 Å². The van der Waals surface area contributed by atoms with Crippen LogP contribution in [0.15, 0.2) is 37.0 Å². The Morgan fingerprint density at radius 1 is 1.10 bits per heavy atom. The zero-order valence-electron chi connectivity index (χ0n) is 12.5. The maximum atomic E-state index is 14.8. The molecule has 0 heterocycles. The normalized spacial score (nSPS) is 31.1. The lowest BCUT2D eigenvalue weighted by molar-refractivity contribution is -0.115. The Kier molecular flexibility index (Phi) is 4.51. The molecule has 0 spiro atoms. The minimum atomic E-state index is -2.82. The predicted octanol–water partition coefficient (Wildman–Crippen LogP) is 6.06. The summed E-state index contributed by atoms with van der Waals surface area (Å²) in [7, 11) is 0. The SMILES string of the molecule is C=CC1(C2(CCCC)CCCCC2)C=CC=CC1(F)F. The fraction of sp³-hybridized carbons (Fsp3) is 0.667. The first-order chi connectivity index (χ1) is 9.54. The molecule has 2 heteroatoms. The lowest BCUT2D eigenvalue weighted by Gasteiger charge is -2.53. The summed E-state index contributed by atoms with van der Waals surface area (Å²) in [6.07, 6.45) is 15.6. The Morgan fingerprint density at radius 2 is 1.75 bits per heavy atom. The van der Waals surface area contributed by atoms with Crippen LogP contribution in [0.4, 0.5) is 8.78 Å². The van der Waals surface area contributed by atoms with Crippen LogP contribution < -0.4 is 0 Å². The van der Waals surface area contributed by atoms with E-state index in [1.54, 1.807) is 12.2 Å². The van der Waals surface area contributed by atoms with Crippen LogP contribution in [0, 0.1) is 10.8 Å². The van der Waals surface area contributed by atoms with E-state index in [2.05, 4.69) is 13.5 Å². The zero-order valence-corrected chi connectivity index (χ0v) is 12.5. The summed E-state index contributed by atoms with van der Waals surface area (Å²) >= 11 is 0. The van der Waals surface area contributed by atoms with Crippen molar-refractivity contribution in [1.29, 1.82) is 0 Å². The third-order valence-electron chi connectivity index (χ3n) is 5.35. The van der Waals surface area contributed by atoms with Crippen molar-refractivity contribution >= 4 is 0 Å². The summed E-state index contributed by atoms with van der Waals surface area (Å²) in [6, 6.07) is 0. The van der Waals surface area contributed by atoms with Crippen molar-refractivity contribution < 1.29 is 8.78 Å². The van der Waals surface area contributed by atoms with E-state index in [-0.39, 0.29) is 5.41 Å². The molecule has 0 bridgehead atoms. The van der Waals surface area contributed by atoms with Crippen LogP contribution in [0.3, 0.4) is 0 Å². The number of halogens is 2. The maximum absolute atomic E-state index is 14.8. The van der Waals surface area contributed by atoms with Gasteiger partial charge in [0.1, 0.15) is 0 Å². The van der Waals surface area contributed by atoms with Gasteiger partial charge in [-0.15, -0.1) is 6.58 Å². The lowest BCUT2D eigenvalue weighted by atomic mass is 9.52. The Bertz CT molecular complexity index is 400. The van der Waals surface area contributed by atoms with Gasteiger partial charge in [-0.3, -0.25) is 0 Å². The first-order valence-corrected chi connectivity index (χ1v) is 7.92. The summed E-state index contributed by atoms with van der Waals surface area (Å²) in [5, 5.41) is 0. The molecule has 0 aromatic rings. The van der Waals surface area contributed by atoms with Gasteiger partial charge in [0.05, 0.1) is 5.41 Å². The second kappa shape index (κ2) is 5.83. The fourth-order valence-corrected chi connectivity index (χ4v) is 4.20. The van der Waals surface area contributed by atoms with E-state index in [1.807, 2.05) is 0 Å². The molecule has 1 atom stereocenters. The third-order valence-corrected chi connectivity index (χ3v) is 5.35. The van der Waals surface area contributed by atoms with Crippen LogP contribution in [0.25, 0.3) is 0 Å². The Balaban J connectivity index is 2.46. The number of allylic oxidation sites excluding steroid dienone is 5. The van der Waals surface area contributed by atoms with Crippen LogP contribution in [0.2, 0.25) is 0 Å². The van der Waals surface area contributed by atoms with Crippen molar-refractivity contribution in [2.24, 2.45) is 10.8 Å². The van der Waals surface area contributed by atoms with Crippen molar-refractivity contribution in [2.75, 3.05) is 0 Å². The highest BCUT2D eigenvalue weighted by molar-refractivity contribution is 5.33. The number of rotatable bonds is 5. The first-order valence-electron chi connectivity index (χ1n) is 7.92. The molecule has 0 radical (unpaired) electrons. The Hall–Kier alpha value is -0.920. The molecule has 1 saturated carbocycles. The van der Waals surface area contributed by atoms with Gasteiger partial charge in [0, 0.05) is 0 Å². The molecule has 0 aromatic carbocycles. The van der Waals surface area contributed by atoms with Gasteiger partial charge >= 0.3 is 0 Å². The topological polar surface area (TPSA) is 0 Å². The first kappa shape index (κ1) is 15.5. The van der Waals surface area contributed by atoms with Crippen LogP contribution in [-0.2, 0) is 0 Å². The van der Waals surface area contributed by atoms with Gasteiger partial charge < -0.3 is 0 Å². The average Bonchev–Trinajstić information content (AvgIpc) is 2.46. The van der Waals surface area contributed by atoms with Crippen molar-refractivity contribution in [2.45, 2.75) is 64.2 Å². The average molecular weight is 280 g/mol. The van der Waals surface area contributed by atoms with Gasteiger partial charge in [0.25, 0.3) is 5.92 Å². The molecular formula is C18H26F2. The van der Waals surface area contributed by atoms with Gasteiger partial charge in [-0.1, -0.05) is 63.3 Å². The highest BCUT2D eigenvalue weighted by atomic mass is 19.3. The summed E-state index contributed by atoms with van der Waals surface area (Å²) in [6.45, 7) is 5.95. The number of unbranched alkanes of at least 4 members (excludes halogenated alkanes) is 1. The molecule has 0 nitrogen and oxygen atoms in total. The smallest absolute Gasteiger partial charge is 0.201 e. The fourth-order valence-electron chi connectivity index (χ4n) is 4.20. The summed E-state index contributed by atoms with van der Waals surface area (Å²) < 4.78 is 29.5. The summed E-state index contributed by atoms with van der Waals surface area (Å²) in [4.78, 5) is 0. The third kappa shape index (κ3) is 2.27. The molecule has 2 rings (SSSR count). The highest BCUT2D eigenvalue weighted by Gasteiger charge is 2.60. The molecule has 0 aromatic heterocycles. The number of hydrogen-bond donors (Lipinski definition) is 0. The van der Waals surface area contributed by atoms with Crippen LogP contribution in [-0.4, -0.2) is 5.92 Å². The van der Waals surface area contributed by atoms with E-state index >= 15 is 0 Å². The molecule has 20 heavy (non-hydrogen) atoms. The monoisotopic (exact) mass is 280 g/mol. The molecule has 112 valence electrons. The minimum absolute atomic E-state index is 0.326. The van der Waals surface area contributed by atoms with Gasteiger partial charge in [-0.2, -0.15) is 0 Å². The zero-order chi connectivity index (χ0) is 14.7. The molecule has 0 amide bonds. The number of hydrogen-bond acceptors (Lipinski definition) is 0. The van der Waals surface area contributed by atoms with Crippen molar-refractivity contribution in [3.63, 3.8) is 0 Å². The highest BCUT2D eigenvalue weighted by Crippen LogP contribution is 2.62. The summed E-state index contributed by atoms with van der Waals surface area (Å²) in [5.41, 5.74) is -1.53. The standard InChI is InChI=1S/C18H26F2/c1-3-5-11-16(12-7-6-8-13-16)17(4-2)14-9-10-15-18(17,19)20/h4,9-10,14-15H,2-3,5-8,11-13H2,1H3. The predicted molar refractivity (Wildman–Crippen MR) is 80.9 cm³/mol. The van der Waals surface area contributed by atoms with Crippen LogP contribution >= 0.6 is 0 Å². The minimum Gasteiger partial charge on any atom is -0.201 e. The van der Waals surface area contributed by atoms with Gasteiger partial charge in [0.15, 0.2) is 0 Å². The van der Waals surface area contributed by atoms with Crippen LogP contribution in [0.1, 0.15) is 58.3 Å². The van der Waals surface area contributed by atoms with Crippen molar-refractivity contribution in [3.05, 3.63) is 37.0 Å². The van der Waals surface area contributed by atoms with E-state index in [1.165, 1.54) is 18.6 Å². The van der Waals surface area contributed by atoms with E-state index in [0.717, 1.165) is 51.0 Å². The maximum Gasteiger partial charge on any atom is 0.279 e. The van der Waals surface area contributed by atoms with E-state index < -0.39 is 11.3 Å². The Morgan fingerprint density at radius 3 is 2.30 bits per heavy atom. The molecular weight excluding hydrogens is 254 g/mol. The molecule has 1 fully saturated rings. The molecule has 1 unspecified atom stereocenters. The molecule has 2 aliphatic rings. The largest absolute Gasteiger partial charge is 0.279 e. The molecule has 0 N–H and O–H groups in total. The molecule has 0 saturated heterocycles. The van der Waals surface area contributed by atoms with E-state index in [4.69, 9.17) is 0 Å². The van der Waals surface area contributed by atoms with Crippen molar-refractivity contribution in [3.8, 4) is 0 Å². The quantitative estimate of drug-likeness (QED) is 0.537. The second-order valence-electron chi connectivity index (χ2n) is 6.36. The lowest BCUT2D eigenvalue weighted by Crippen LogP contribution is -2.52.